The molecule has 2 aromatic carbocycles. The molecule has 1 aliphatic carbocycles. The maximum absolute atomic E-state index is 13.6. The van der Waals surface area contributed by atoms with Crippen LogP contribution in [-0.2, 0) is 28.2 Å². The lowest BCUT2D eigenvalue weighted by atomic mass is 9.91. The Labute approximate surface area is 182 Å². The lowest BCUT2D eigenvalue weighted by Gasteiger charge is -2.36. The molecule has 5 rings (SSSR count). The highest BCUT2D eigenvalue weighted by Crippen LogP contribution is 2.51. The summed E-state index contributed by atoms with van der Waals surface area (Å²) in [4.78, 5) is 20.2. The predicted octanol–water partition coefficient (Wildman–Crippen LogP) is 4.57. The van der Waals surface area contributed by atoms with Crippen molar-refractivity contribution < 1.29 is 14.1 Å². The number of ether oxygens (including phenoxy) is 1. The summed E-state index contributed by atoms with van der Waals surface area (Å²) in [5.74, 6) is 1.25. The van der Waals surface area contributed by atoms with Crippen LogP contribution < -0.4 is 0 Å². The zero-order valence-electron chi connectivity index (χ0n) is 17.6. The Hall–Kier alpha value is -2.99. The number of amides is 1. The fourth-order valence-corrected chi connectivity index (χ4v) is 4.52. The summed E-state index contributed by atoms with van der Waals surface area (Å²) in [7, 11) is 0. The summed E-state index contributed by atoms with van der Waals surface area (Å²) < 4.78 is 11.2. The van der Waals surface area contributed by atoms with Crippen LogP contribution in [-0.4, -0.2) is 27.5 Å². The monoisotopic (exact) mass is 417 g/mol. The number of hydrogen-bond acceptors (Lipinski definition) is 5. The molecular weight excluding hydrogens is 390 g/mol. The molecule has 1 aliphatic heterocycles. The van der Waals surface area contributed by atoms with E-state index in [4.69, 9.17) is 9.26 Å². The largest absolute Gasteiger partial charge is 0.367 e. The minimum absolute atomic E-state index is 0.130. The Morgan fingerprint density at radius 3 is 2.52 bits per heavy atom. The summed E-state index contributed by atoms with van der Waals surface area (Å²) in [6, 6.07) is 20.0. The van der Waals surface area contributed by atoms with E-state index in [0.717, 1.165) is 49.8 Å². The van der Waals surface area contributed by atoms with Crippen molar-refractivity contribution in [2.75, 3.05) is 6.54 Å². The van der Waals surface area contributed by atoms with Gasteiger partial charge in [0.2, 0.25) is 5.91 Å². The van der Waals surface area contributed by atoms with Crippen LogP contribution in [0, 0.1) is 0 Å². The van der Waals surface area contributed by atoms with E-state index < -0.39 is 0 Å². The first-order chi connectivity index (χ1) is 15.3. The maximum atomic E-state index is 13.6. The Balaban J connectivity index is 1.27. The van der Waals surface area contributed by atoms with Crippen LogP contribution in [0.5, 0.6) is 0 Å². The molecule has 6 nitrogen and oxygen atoms in total. The van der Waals surface area contributed by atoms with Crippen molar-refractivity contribution in [2.24, 2.45) is 0 Å². The molecule has 2 heterocycles. The van der Waals surface area contributed by atoms with Crippen molar-refractivity contribution in [3.63, 3.8) is 0 Å². The van der Waals surface area contributed by atoms with Gasteiger partial charge in [0.25, 0.3) is 5.89 Å². The molecule has 6 heteroatoms. The molecule has 160 valence electrons. The molecule has 2 fully saturated rings. The first-order valence-electron chi connectivity index (χ1n) is 11.1. The van der Waals surface area contributed by atoms with E-state index in [1.165, 1.54) is 0 Å². The molecule has 3 aromatic rings. The van der Waals surface area contributed by atoms with Gasteiger partial charge in [-0.15, -0.1) is 0 Å². The number of hydrogen-bond donors (Lipinski definition) is 0. The number of nitrogens with zero attached hydrogens (tertiary/aromatic N) is 3. The van der Waals surface area contributed by atoms with E-state index in [1.54, 1.807) is 0 Å². The van der Waals surface area contributed by atoms with Crippen LogP contribution >= 0.6 is 0 Å². The third-order valence-corrected chi connectivity index (χ3v) is 6.37. The van der Waals surface area contributed by atoms with Crippen LogP contribution in [0.3, 0.4) is 0 Å². The molecule has 2 aliphatic rings. The van der Waals surface area contributed by atoms with Gasteiger partial charge in [-0.2, -0.15) is 4.98 Å². The molecule has 1 amide bonds. The third kappa shape index (κ3) is 4.12. The van der Waals surface area contributed by atoms with E-state index >= 15 is 0 Å². The molecule has 1 unspecified atom stereocenters. The van der Waals surface area contributed by atoms with E-state index in [2.05, 4.69) is 22.3 Å². The third-order valence-electron chi connectivity index (χ3n) is 6.37. The van der Waals surface area contributed by atoms with Crippen molar-refractivity contribution in [1.29, 1.82) is 0 Å². The van der Waals surface area contributed by atoms with Crippen LogP contribution in [0.4, 0.5) is 0 Å². The van der Waals surface area contributed by atoms with Gasteiger partial charge >= 0.3 is 0 Å². The van der Waals surface area contributed by atoms with Gasteiger partial charge in [-0.1, -0.05) is 65.8 Å². The highest BCUT2D eigenvalue weighted by molar-refractivity contribution is 5.91. The second-order valence-electron chi connectivity index (χ2n) is 8.48. The van der Waals surface area contributed by atoms with Crippen LogP contribution in [0.1, 0.15) is 61.0 Å². The van der Waals surface area contributed by atoms with E-state index in [9.17, 15) is 4.79 Å². The SMILES string of the molecule is O=C(N1CCCCC1c1noc(COCc2ccccc2)n1)C1(c2ccccc2)CC1. The van der Waals surface area contributed by atoms with Gasteiger partial charge < -0.3 is 14.2 Å². The summed E-state index contributed by atoms with van der Waals surface area (Å²) in [6.45, 7) is 1.50. The number of rotatable bonds is 7. The van der Waals surface area contributed by atoms with Gasteiger partial charge in [-0.05, 0) is 43.2 Å². The van der Waals surface area contributed by atoms with Crippen molar-refractivity contribution in [3.8, 4) is 0 Å². The van der Waals surface area contributed by atoms with E-state index in [-0.39, 0.29) is 24.0 Å². The van der Waals surface area contributed by atoms with Crippen LogP contribution in [0.25, 0.3) is 0 Å². The molecule has 0 radical (unpaired) electrons. The minimum atomic E-state index is -0.373. The molecule has 31 heavy (non-hydrogen) atoms. The zero-order chi connectivity index (χ0) is 21.1. The Morgan fingerprint density at radius 1 is 1.03 bits per heavy atom. The number of aromatic nitrogens is 2. The molecule has 0 N–H and O–H groups in total. The minimum Gasteiger partial charge on any atom is -0.367 e. The van der Waals surface area contributed by atoms with E-state index in [0.29, 0.717) is 18.3 Å². The lowest BCUT2D eigenvalue weighted by Crippen LogP contribution is -2.44. The highest BCUT2D eigenvalue weighted by atomic mass is 16.5. The second-order valence-corrected chi connectivity index (χ2v) is 8.48. The number of carbonyl (C=O) groups is 1. The first kappa shape index (κ1) is 19.9. The van der Waals surface area contributed by atoms with Crippen LogP contribution in [0.15, 0.2) is 65.2 Å². The van der Waals surface area contributed by atoms with Gasteiger partial charge in [0.05, 0.1) is 18.1 Å². The Kier molecular flexibility index (Phi) is 5.55. The molecule has 1 aromatic heterocycles. The zero-order valence-corrected chi connectivity index (χ0v) is 17.6. The van der Waals surface area contributed by atoms with Crippen molar-refractivity contribution in [2.45, 2.75) is 56.8 Å². The number of piperidine rings is 1. The topological polar surface area (TPSA) is 68.5 Å². The lowest BCUT2D eigenvalue weighted by molar-refractivity contribution is -0.138. The van der Waals surface area contributed by atoms with Gasteiger partial charge in [-0.3, -0.25) is 4.79 Å². The van der Waals surface area contributed by atoms with Gasteiger partial charge in [0, 0.05) is 6.54 Å². The van der Waals surface area contributed by atoms with Gasteiger partial charge in [0.1, 0.15) is 6.61 Å². The van der Waals surface area contributed by atoms with Crippen molar-refractivity contribution in [3.05, 3.63) is 83.5 Å². The molecular formula is C25H27N3O3. The van der Waals surface area contributed by atoms with Gasteiger partial charge in [0.15, 0.2) is 5.82 Å². The van der Waals surface area contributed by atoms with Gasteiger partial charge in [-0.25, -0.2) is 0 Å². The average Bonchev–Trinajstić information content (AvgIpc) is 3.52. The smallest absolute Gasteiger partial charge is 0.252 e. The Bertz CT molecular complexity index is 1010. The summed E-state index contributed by atoms with van der Waals surface area (Å²) >= 11 is 0. The molecule has 1 atom stereocenters. The quantitative estimate of drug-likeness (QED) is 0.563. The number of likely N-dealkylation sites (tertiary alicyclic amines) is 1. The van der Waals surface area contributed by atoms with Crippen LogP contribution in [0.2, 0.25) is 0 Å². The standard InChI is InChI=1S/C25H27N3O3/c29-24(25(14-15-25)20-11-5-2-6-12-20)28-16-8-7-13-21(28)23-26-22(31-27-23)18-30-17-19-9-3-1-4-10-19/h1-6,9-12,21H,7-8,13-18H2. The molecule has 1 saturated carbocycles. The van der Waals surface area contributed by atoms with Crippen molar-refractivity contribution >= 4 is 5.91 Å². The normalized spacial score (nSPS) is 19.9. The first-order valence-corrected chi connectivity index (χ1v) is 11.1. The molecule has 0 spiro atoms. The summed E-state index contributed by atoms with van der Waals surface area (Å²) in [5, 5.41) is 4.21. The summed E-state index contributed by atoms with van der Waals surface area (Å²) in [5.41, 5.74) is 1.84. The van der Waals surface area contributed by atoms with Crippen molar-refractivity contribution in [1.82, 2.24) is 15.0 Å². The molecule has 1 saturated heterocycles. The fourth-order valence-electron chi connectivity index (χ4n) is 4.52. The maximum Gasteiger partial charge on any atom is 0.252 e. The number of carbonyl (C=O) groups excluding carboxylic acids is 1. The molecule has 0 bridgehead atoms. The summed E-state index contributed by atoms with van der Waals surface area (Å²) in [6.07, 6.45) is 4.74. The fraction of sp³-hybridized carbons (Fsp3) is 0.400. The highest BCUT2D eigenvalue weighted by Gasteiger charge is 2.54. The average molecular weight is 418 g/mol. The second kappa shape index (κ2) is 8.63. The Morgan fingerprint density at radius 2 is 1.77 bits per heavy atom. The number of benzene rings is 2. The van der Waals surface area contributed by atoms with E-state index in [1.807, 2.05) is 53.4 Å². The predicted molar refractivity (Wildman–Crippen MR) is 115 cm³/mol.